The molecule has 1 rings (SSSR count). The zero-order valence-corrected chi connectivity index (χ0v) is 12.7. The molecule has 7 heteroatoms. The number of benzene rings is 1. The fourth-order valence-electron chi connectivity index (χ4n) is 1.44. The number of nitrogens with one attached hydrogen (secondary N) is 1. The van der Waals surface area contributed by atoms with E-state index >= 15 is 0 Å². The Morgan fingerprint density at radius 2 is 2.30 bits per heavy atom. The minimum Gasteiger partial charge on any atom is -0.481 e. The first-order valence-corrected chi connectivity index (χ1v) is 6.83. The fourth-order valence-corrected chi connectivity index (χ4v) is 1.77. The minimum absolute atomic E-state index is 0.0165. The fraction of sp³-hybridized carbons (Fsp3) is 0.462. The van der Waals surface area contributed by atoms with Crippen molar-refractivity contribution in [3.05, 3.63) is 28.5 Å². The van der Waals surface area contributed by atoms with Crippen LogP contribution in [-0.4, -0.2) is 44.0 Å². The van der Waals surface area contributed by atoms with Crippen molar-refractivity contribution in [1.29, 1.82) is 0 Å². The highest BCUT2D eigenvalue weighted by Gasteiger charge is 2.08. The third kappa shape index (κ3) is 6.31. The molecule has 0 heterocycles. The van der Waals surface area contributed by atoms with E-state index in [9.17, 15) is 14.3 Å². The van der Waals surface area contributed by atoms with Crippen LogP contribution < -0.4 is 10.1 Å². The summed E-state index contributed by atoms with van der Waals surface area (Å²) < 4.78 is 23.8. The quantitative estimate of drug-likeness (QED) is 0.745. The first-order chi connectivity index (χ1) is 9.52. The highest BCUT2D eigenvalue weighted by Crippen LogP contribution is 2.21. The molecule has 0 saturated carbocycles. The van der Waals surface area contributed by atoms with Gasteiger partial charge < -0.3 is 19.9 Å². The molecule has 0 aliphatic carbocycles. The Balaban J connectivity index is 2.26. The first-order valence-electron chi connectivity index (χ1n) is 6.04. The van der Waals surface area contributed by atoms with Crippen LogP contribution in [0.5, 0.6) is 5.75 Å². The van der Waals surface area contributed by atoms with Gasteiger partial charge in [0.05, 0.1) is 12.7 Å². The minimum atomic E-state index is -0.620. The molecule has 112 valence electrons. The lowest BCUT2D eigenvalue weighted by atomic mass is 10.2. The van der Waals surface area contributed by atoms with Crippen LogP contribution in [0.15, 0.2) is 22.7 Å². The number of carbonyl (C=O) groups excluding carboxylic acids is 1. The van der Waals surface area contributed by atoms with Gasteiger partial charge in [-0.3, -0.25) is 4.79 Å². The van der Waals surface area contributed by atoms with Crippen LogP contribution in [-0.2, 0) is 9.53 Å². The summed E-state index contributed by atoms with van der Waals surface area (Å²) in [5.74, 6) is -0.901. The number of aliphatic hydroxyl groups is 1. The van der Waals surface area contributed by atoms with E-state index in [0.717, 1.165) is 0 Å². The summed E-state index contributed by atoms with van der Waals surface area (Å²) in [6.45, 7) is 0.241. The number of hydrogen-bond donors (Lipinski definition) is 2. The zero-order chi connectivity index (χ0) is 15.0. The number of amides is 1. The van der Waals surface area contributed by atoms with Gasteiger partial charge in [0, 0.05) is 18.1 Å². The van der Waals surface area contributed by atoms with Gasteiger partial charge in [-0.2, -0.15) is 0 Å². The van der Waals surface area contributed by atoms with Crippen LogP contribution in [0.4, 0.5) is 4.39 Å². The SMILES string of the molecule is COCC(O)CCNC(=O)COc1ccc(Br)cc1F. The normalized spacial score (nSPS) is 12.0. The Kier molecular flexibility index (Phi) is 7.50. The molecule has 1 amide bonds. The highest BCUT2D eigenvalue weighted by atomic mass is 79.9. The molecular formula is C13H17BrFNO4. The summed E-state index contributed by atoms with van der Waals surface area (Å²) in [5.41, 5.74) is 0. The monoisotopic (exact) mass is 349 g/mol. The molecule has 20 heavy (non-hydrogen) atoms. The second-order valence-corrected chi connectivity index (χ2v) is 5.03. The predicted molar refractivity (Wildman–Crippen MR) is 75.1 cm³/mol. The molecule has 0 aliphatic heterocycles. The van der Waals surface area contributed by atoms with Crippen molar-refractivity contribution in [3.63, 3.8) is 0 Å². The molecule has 1 aromatic rings. The maximum absolute atomic E-state index is 13.4. The third-order valence-corrected chi connectivity index (χ3v) is 2.90. The number of hydrogen-bond acceptors (Lipinski definition) is 4. The number of methoxy groups -OCH3 is 1. The van der Waals surface area contributed by atoms with Crippen LogP contribution >= 0.6 is 15.9 Å². The summed E-state index contributed by atoms with van der Waals surface area (Å²) in [5, 5.41) is 11.9. The van der Waals surface area contributed by atoms with Gasteiger partial charge in [-0.15, -0.1) is 0 Å². The average molecular weight is 350 g/mol. The molecule has 0 spiro atoms. The van der Waals surface area contributed by atoms with Crippen LogP contribution in [0.2, 0.25) is 0 Å². The Hall–Kier alpha value is -1.18. The highest BCUT2D eigenvalue weighted by molar-refractivity contribution is 9.10. The van der Waals surface area contributed by atoms with Gasteiger partial charge >= 0.3 is 0 Å². The predicted octanol–water partition coefficient (Wildman–Crippen LogP) is 1.48. The maximum atomic E-state index is 13.4. The summed E-state index contributed by atoms with van der Waals surface area (Å²) in [6.07, 6.45) is -0.239. The molecule has 0 aromatic heterocycles. The van der Waals surface area contributed by atoms with Gasteiger partial charge in [-0.25, -0.2) is 4.39 Å². The number of rotatable bonds is 8. The summed E-state index contributed by atoms with van der Waals surface area (Å²) in [7, 11) is 1.49. The van der Waals surface area contributed by atoms with Crippen LogP contribution in [0.3, 0.4) is 0 Å². The lowest BCUT2D eigenvalue weighted by Crippen LogP contribution is -2.32. The number of halogens is 2. The summed E-state index contributed by atoms with van der Waals surface area (Å²) in [6, 6.07) is 4.32. The summed E-state index contributed by atoms with van der Waals surface area (Å²) >= 11 is 3.13. The van der Waals surface area contributed by atoms with E-state index < -0.39 is 11.9 Å². The smallest absolute Gasteiger partial charge is 0.257 e. The topological polar surface area (TPSA) is 67.8 Å². The van der Waals surface area contributed by atoms with Crippen molar-refractivity contribution in [2.75, 3.05) is 26.9 Å². The molecule has 1 atom stereocenters. The molecule has 0 fully saturated rings. The molecule has 0 aliphatic rings. The molecule has 0 bridgehead atoms. The molecule has 0 saturated heterocycles. The standard InChI is InChI=1S/C13H17BrFNO4/c1-19-7-10(17)4-5-16-13(18)8-20-12-3-2-9(14)6-11(12)15/h2-3,6,10,17H,4-5,7-8H2,1H3,(H,16,18). The van der Waals surface area contributed by atoms with Crippen molar-refractivity contribution in [2.45, 2.75) is 12.5 Å². The lowest BCUT2D eigenvalue weighted by molar-refractivity contribution is -0.123. The average Bonchev–Trinajstić information content (AvgIpc) is 2.38. The number of carbonyl (C=O) groups is 1. The van der Waals surface area contributed by atoms with Crippen molar-refractivity contribution in [3.8, 4) is 5.75 Å². The van der Waals surface area contributed by atoms with E-state index in [1.807, 2.05) is 0 Å². The van der Waals surface area contributed by atoms with Crippen molar-refractivity contribution >= 4 is 21.8 Å². The molecule has 1 aromatic carbocycles. The largest absolute Gasteiger partial charge is 0.481 e. The van der Waals surface area contributed by atoms with E-state index in [4.69, 9.17) is 9.47 Å². The molecular weight excluding hydrogens is 333 g/mol. The van der Waals surface area contributed by atoms with E-state index in [0.29, 0.717) is 17.4 Å². The van der Waals surface area contributed by atoms with Crippen molar-refractivity contribution < 1.29 is 23.8 Å². The van der Waals surface area contributed by atoms with E-state index in [2.05, 4.69) is 21.2 Å². The van der Waals surface area contributed by atoms with Crippen molar-refractivity contribution in [1.82, 2.24) is 5.32 Å². The molecule has 1 unspecified atom stereocenters. The number of aliphatic hydroxyl groups excluding tert-OH is 1. The second-order valence-electron chi connectivity index (χ2n) is 4.11. The van der Waals surface area contributed by atoms with Gasteiger partial charge in [0.1, 0.15) is 0 Å². The summed E-state index contributed by atoms with van der Waals surface area (Å²) in [4.78, 5) is 11.5. The van der Waals surface area contributed by atoms with Crippen LogP contribution in [0.1, 0.15) is 6.42 Å². The van der Waals surface area contributed by atoms with Gasteiger partial charge in [0.15, 0.2) is 18.2 Å². The molecule has 2 N–H and O–H groups in total. The van der Waals surface area contributed by atoms with E-state index in [-0.39, 0.29) is 24.9 Å². The van der Waals surface area contributed by atoms with E-state index in [1.54, 1.807) is 6.07 Å². The number of ether oxygens (including phenoxy) is 2. The molecule has 5 nitrogen and oxygen atoms in total. The Bertz CT molecular complexity index is 444. The van der Waals surface area contributed by atoms with Gasteiger partial charge in [-0.05, 0) is 24.6 Å². The van der Waals surface area contributed by atoms with E-state index in [1.165, 1.54) is 19.2 Å². The molecule has 0 radical (unpaired) electrons. The first kappa shape index (κ1) is 16.9. The Morgan fingerprint density at radius 1 is 1.55 bits per heavy atom. The van der Waals surface area contributed by atoms with Gasteiger partial charge in [0.2, 0.25) is 0 Å². The van der Waals surface area contributed by atoms with Gasteiger partial charge in [0.25, 0.3) is 5.91 Å². The second kappa shape index (κ2) is 8.89. The van der Waals surface area contributed by atoms with Crippen LogP contribution in [0.25, 0.3) is 0 Å². The van der Waals surface area contributed by atoms with Gasteiger partial charge in [-0.1, -0.05) is 15.9 Å². The Labute approximate surface area is 125 Å². The Morgan fingerprint density at radius 3 is 2.95 bits per heavy atom. The van der Waals surface area contributed by atoms with Crippen molar-refractivity contribution in [2.24, 2.45) is 0 Å². The zero-order valence-electron chi connectivity index (χ0n) is 11.1. The third-order valence-electron chi connectivity index (χ3n) is 2.41. The lowest BCUT2D eigenvalue weighted by Gasteiger charge is -2.11. The van der Waals surface area contributed by atoms with Crippen LogP contribution in [0, 0.1) is 5.82 Å². The maximum Gasteiger partial charge on any atom is 0.257 e.